The lowest BCUT2D eigenvalue weighted by atomic mass is 10.1. The van der Waals surface area contributed by atoms with Gasteiger partial charge in [0.1, 0.15) is 22.6 Å². The van der Waals surface area contributed by atoms with E-state index in [0.717, 1.165) is 249 Å². The molecule has 0 aliphatic carbocycles. The molecule has 0 spiro atoms. The fraction of sp³-hybridized carbons (Fsp3) is 0.600. The first-order valence-corrected chi connectivity index (χ1v) is 54.8. The summed E-state index contributed by atoms with van der Waals surface area (Å²) in [5, 5.41) is 3.15. The summed E-state index contributed by atoms with van der Waals surface area (Å²) < 4.78 is 56.2. The molecule has 746 valence electrons. The second-order valence-electron chi connectivity index (χ2n) is 38.2. The molecule has 0 unspecified atom stereocenters. The molecule has 7 aromatic rings. The van der Waals surface area contributed by atoms with E-state index in [1.165, 1.54) is 205 Å². The Hall–Kier alpha value is -9.44. The summed E-state index contributed by atoms with van der Waals surface area (Å²) >= 11 is 0. The molecule has 3 aromatic heterocycles. The van der Waals surface area contributed by atoms with Crippen molar-refractivity contribution in [2.75, 3.05) is 52.9 Å². The molecular formula is C120H178N8O8. The lowest BCUT2D eigenvalue weighted by Crippen LogP contribution is -2.03. The van der Waals surface area contributed by atoms with Gasteiger partial charge >= 0.3 is 0 Å². The number of hydrogen-bond acceptors (Lipinski definition) is 14. The van der Waals surface area contributed by atoms with Crippen LogP contribution in [0.5, 0.6) is 46.0 Å². The largest absolute Gasteiger partial charge is 0.490 e. The van der Waals surface area contributed by atoms with Crippen LogP contribution in [0.4, 0.5) is 0 Å². The third kappa shape index (κ3) is 41.3. The van der Waals surface area contributed by atoms with Crippen molar-refractivity contribution in [1.29, 1.82) is 0 Å². The number of benzene rings is 4. The number of unbranched alkanes of at least 4 members (excludes halogenated alkanes) is 56. The third-order valence-corrected chi connectivity index (χ3v) is 26.6. The maximum Gasteiger partial charge on any atom is 0.164 e. The molecule has 5 heterocycles. The standard InChI is InChI=1S/C120H178N8O8/c1-9-17-25-33-41-49-57-65-73-81-129-105-89-97-98(90-106(105)130-82-74-66-58-50-42-34-26-18-10-2)114-121-113(97)125-115-99-91-107(131-83-75-67-59-51-43-35-27-19-11-3)108(132-84-76-68-60-52-44-36-28-20-12-4)92-100(99)117(122-115)127-119-103-95-111(135-87-79-71-63-55-47-39-31-23-15-7)112(136-88-80-72-64-56-48-40-32-24-16-8)96-104(103)120(124-119)128-118-102-94-110(134-86-78-70-62-54-46-38-30-22-14-6)109(93-101(102)116(123-118)126-114)133-85-77-69-61-53-45-37-29-21-13-5/h9-16,89-96H,1-8,17-88H2,(H2,121,122,123,124,125,126,127,128). The van der Waals surface area contributed by atoms with Gasteiger partial charge in [-0.15, -0.1) is 52.6 Å². The number of aromatic nitrogens is 8. The van der Waals surface area contributed by atoms with Crippen LogP contribution in [0.15, 0.2) is 150 Å². The normalized spacial score (nSPS) is 11.5. The molecule has 2 aliphatic rings. The van der Waals surface area contributed by atoms with Crippen molar-refractivity contribution in [3.05, 3.63) is 150 Å². The number of allylic oxidation sites excluding steroid dienone is 8. The van der Waals surface area contributed by atoms with Crippen LogP contribution in [0.25, 0.3) is 89.7 Å². The number of fused-ring (bicyclic) bond motifs is 20. The van der Waals surface area contributed by atoms with Gasteiger partial charge in [-0.1, -0.05) is 305 Å². The molecule has 16 heteroatoms. The Labute approximate surface area is 822 Å². The molecule has 2 N–H and O–H groups in total. The van der Waals surface area contributed by atoms with Crippen LogP contribution in [0.2, 0.25) is 0 Å². The Balaban J connectivity index is 1.27. The van der Waals surface area contributed by atoms with Gasteiger partial charge in [0.2, 0.25) is 0 Å². The molecule has 16 nitrogen and oxygen atoms in total. The van der Waals surface area contributed by atoms with Crippen LogP contribution in [0, 0.1) is 0 Å². The van der Waals surface area contributed by atoms with E-state index in [1.807, 2.05) is 48.6 Å². The highest BCUT2D eigenvalue weighted by atomic mass is 16.5. The van der Waals surface area contributed by atoms with E-state index in [2.05, 4.69) is 111 Å². The number of nitrogens with one attached hydrogen (secondary N) is 2. The highest BCUT2D eigenvalue weighted by Gasteiger charge is 2.29. The van der Waals surface area contributed by atoms with Crippen molar-refractivity contribution in [3.63, 3.8) is 0 Å². The van der Waals surface area contributed by atoms with Crippen molar-refractivity contribution in [2.45, 2.75) is 411 Å². The van der Waals surface area contributed by atoms with Crippen LogP contribution < -0.4 is 37.9 Å². The van der Waals surface area contributed by atoms with Gasteiger partial charge < -0.3 is 47.9 Å². The predicted octanol–water partition coefficient (Wildman–Crippen LogP) is 36.4. The molecule has 0 amide bonds. The summed E-state index contributed by atoms with van der Waals surface area (Å²) in [5.74, 6) is 7.03. The maximum absolute atomic E-state index is 7.03. The number of aromatic amines is 2. The van der Waals surface area contributed by atoms with Crippen LogP contribution in [0.3, 0.4) is 0 Å². The molecule has 8 bridgehead atoms. The van der Waals surface area contributed by atoms with Gasteiger partial charge in [0.15, 0.2) is 69.3 Å². The van der Waals surface area contributed by atoms with Crippen molar-refractivity contribution >= 4 is 44.1 Å². The molecule has 0 atom stereocenters. The first-order chi connectivity index (χ1) is 67.3. The Kier molecular flexibility index (Phi) is 56.9. The summed E-state index contributed by atoms with van der Waals surface area (Å²) in [6.45, 7) is 35.9. The average molecular weight is 1860 g/mol. The van der Waals surface area contributed by atoms with Crippen LogP contribution in [0.1, 0.15) is 411 Å². The Morgan fingerprint density at radius 1 is 0.162 bits per heavy atom. The summed E-state index contributed by atoms with van der Waals surface area (Å²) in [4.78, 5) is 42.0. The fourth-order valence-electron chi connectivity index (χ4n) is 18.4. The predicted molar refractivity (Wildman–Crippen MR) is 577 cm³/mol. The number of rotatable bonds is 88. The molecular weight excluding hydrogens is 1680 g/mol. The van der Waals surface area contributed by atoms with Crippen LogP contribution in [-0.4, -0.2) is 92.7 Å². The minimum atomic E-state index is 0.450. The molecule has 2 aliphatic heterocycles. The molecule has 9 rings (SSSR count). The van der Waals surface area contributed by atoms with Crippen molar-refractivity contribution in [3.8, 4) is 91.5 Å². The number of hydrogen-bond donors (Lipinski definition) is 2. The minimum Gasteiger partial charge on any atom is -0.490 e. The van der Waals surface area contributed by atoms with Gasteiger partial charge in [0, 0.05) is 43.8 Å². The van der Waals surface area contributed by atoms with Crippen LogP contribution >= 0.6 is 0 Å². The Bertz CT molecular complexity index is 4170. The van der Waals surface area contributed by atoms with E-state index in [0.29, 0.717) is 145 Å². The number of ether oxygens (including phenoxy) is 8. The quantitative estimate of drug-likeness (QED) is 0.0271. The summed E-state index contributed by atoms with van der Waals surface area (Å²) in [5.41, 5.74) is 5.18. The summed E-state index contributed by atoms with van der Waals surface area (Å²) in [6.07, 6.45) is 88.7. The molecule has 136 heavy (non-hydrogen) atoms. The van der Waals surface area contributed by atoms with Gasteiger partial charge in [0.05, 0.1) is 52.9 Å². The lowest BCUT2D eigenvalue weighted by Gasteiger charge is -2.15. The smallest absolute Gasteiger partial charge is 0.164 e. The topological polar surface area (TPSA) is 183 Å². The Morgan fingerprint density at radius 3 is 0.426 bits per heavy atom. The molecule has 0 saturated heterocycles. The van der Waals surface area contributed by atoms with E-state index in [9.17, 15) is 0 Å². The van der Waals surface area contributed by atoms with E-state index < -0.39 is 0 Å². The second-order valence-corrected chi connectivity index (χ2v) is 38.2. The highest BCUT2D eigenvalue weighted by Crippen LogP contribution is 2.47. The van der Waals surface area contributed by atoms with Gasteiger partial charge in [0.25, 0.3) is 0 Å². The zero-order valence-corrected chi connectivity index (χ0v) is 84.8. The SMILES string of the molecule is C=CCCCCCCCCCOc1cc2c(cc1OCCCCCCCCCC=C)-c1nc-2nc2[nH]c(nc3nc(nc4[nH]c(n1)c1cc(OCCCCCCCCCC=C)c(OCCCCCCCCCC=C)cc41)-c1cc(OCCCCCCCCCC=C)c(OCCCCCCCCCC=C)cc1-3)c1cc(OCCCCCCCCCC=C)c(OCCCCCCCCCC=C)cc21. The molecule has 0 radical (unpaired) electrons. The maximum atomic E-state index is 7.03. The molecule has 0 saturated carbocycles. The number of H-pyrrole nitrogens is 2. The summed E-state index contributed by atoms with van der Waals surface area (Å²) in [6, 6.07) is 16.9. The molecule has 4 aromatic carbocycles. The van der Waals surface area contributed by atoms with E-state index in [-0.39, 0.29) is 0 Å². The van der Waals surface area contributed by atoms with E-state index >= 15 is 0 Å². The average Bonchev–Trinajstić information content (AvgIpc) is 1.59. The zero-order chi connectivity index (χ0) is 95.4. The third-order valence-electron chi connectivity index (χ3n) is 26.6. The monoisotopic (exact) mass is 1860 g/mol. The van der Waals surface area contributed by atoms with Gasteiger partial charge in [-0.25, -0.2) is 29.9 Å². The van der Waals surface area contributed by atoms with E-state index in [4.69, 9.17) is 67.8 Å². The van der Waals surface area contributed by atoms with Crippen molar-refractivity contribution in [2.24, 2.45) is 0 Å². The first kappa shape index (κ1) is 110. The van der Waals surface area contributed by atoms with Gasteiger partial charge in [-0.3, -0.25) is 0 Å². The number of nitrogens with zero attached hydrogens (tertiary/aromatic N) is 6. The Morgan fingerprint density at radius 2 is 0.287 bits per heavy atom. The van der Waals surface area contributed by atoms with E-state index in [1.54, 1.807) is 0 Å². The summed E-state index contributed by atoms with van der Waals surface area (Å²) in [7, 11) is 0. The van der Waals surface area contributed by atoms with Gasteiger partial charge in [-0.05, 0) is 203 Å². The fourth-order valence-corrected chi connectivity index (χ4v) is 18.4. The first-order valence-electron chi connectivity index (χ1n) is 54.8. The highest BCUT2D eigenvalue weighted by molar-refractivity contribution is 6.08. The van der Waals surface area contributed by atoms with Crippen molar-refractivity contribution < 1.29 is 37.9 Å². The zero-order valence-electron chi connectivity index (χ0n) is 84.8. The van der Waals surface area contributed by atoms with Crippen molar-refractivity contribution in [1.82, 2.24) is 39.9 Å². The second kappa shape index (κ2) is 70.2. The minimum absolute atomic E-state index is 0.450. The molecule has 0 fully saturated rings. The lowest BCUT2D eigenvalue weighted by molar-refractivity contribution is 0.258. The van der Waals surface area contributed by atoms with Gasteiger partial charge in [-0.2, -0.15) is 0 Å². The van der Waals surface area contributed by atoms with Crippen LogP contribution in [-0.2, 0) is 0 Å².